The first-order valence-electron chi connectivity index (χ1n) is 12.1. The number of carbonyl (C=O) groups is 1. The van der Waals surface area contributed by atoms with Crippen LogP contribution in [0.4, 0.5) is 0 Å². The van der Waals surface area contributed by atoms with E-state index in [1.807, 2.05) is 0 Å². The number of hydrogen-bond acceptors (Lipinski definition) is 3. The number of amides is 1. The lowest BCUT2D eigenvalue weighted by atomic mass is 9.84. The van der Waals surface area contributed by atoms with E-state index in [4.69, 9.17) is 4.98 Å². The second-order valence-corrected chi connectivity index (χ2v) is 10.9. The van der Waals surface area contributed by atoms with Crippen LogP contribution in [0.25, 0.3) is 22.5 Å². The highest BCUT2D eigenvalue weighted by molar-refractivity contribution is 7.99. The third kappa shape index (κ3) is 4.89. The van der Waals surface area contributed by atoms with Crippen LogP contribution in [0.1, 0.15) is 43.7 Å². The molecule has 2 aromatic carbocycles. The number of aromatic nitrogens is 2. The Bertz CT molecular complexity index is 1060. The zero-order valence-electron chi connectivity index (χ0n) is 19.7. The molecule has 2 fully saturated rings. The van der Waals surface area contributed by atoms with Crippen molar-refractivity contribution in [3.05, 3.63) is 59.7 Å². The van der Waals surface area contributed by atoms with Gasteiger partial charge in [0, 0.05) is 17.2 Å². The topological polar surface area (TPSA) is 57.8 Å². The van der Waals surface area contributed by atoms with Gasteiger partial charge in [0.05, 0.1) is 17.1 Å². The van der Waals surface area contributed by atoms with Crippen LogP contribution in [0.2, 0.25) is 0 Å². The van der Waals surface area contributed by atoms with Crippen LogP contribution in [0.15, 0.2) is 53.7 Å². The van der Waals surface area contributed by atoms with Crippen molar-refractivity contribution in [3.63, 3.8) is 0 Å². The molecule has 2 aliphatic rings. The fourth-order valence-corrected chi connectivity index (χ4v) is 6.39. The van der Waals surface area contributed by atoms with E-state index in [0.717, 1.165) is 39.5 Å². The number of nitrogens with one attached hydrogen (secondary N) is 2. The second-order valence-electron chi connectivity index (χ2n) is 9.98. The molecule has 5 rings (SSSR count). The molecule has 0 spiro atoms. The maximum absolute atomic E-state index is 12.7. The number of nitrogens with zero attached hydrogens (tertiary/aromatic N) is 1. The number of thioether (sulfide) groups is 1. The number of carbonyl (C=O) groups excluding carboxylic acids is 1. The van der Waals surface area contributed by atoms with Gasteiger partial charge in [-0.15, -0.1) is 0 Å². The Hall–Kier alpha value is -2.53. The maximum Gasteiger partial charge on any atom is 0.230 e. The van der Waals surface area contributed by atoms with Crippen LogP contribution in [0, 0.1) is 31.6 Å². The minimum atomic E-state index is 0.0976. The van der Waals surface area contributed by atoms with E-state index in [9.17, 15) is 4.79 Å². The van der Waals surface area contributed by atoms with Crippen LogP contribution >= 0.6 is 11.8 Å². The number of H-pyrrole nitrogens is 1. The van der Waals surface area contributed by atoms with E-state index in [1.54, 1.807) is 0 Å². The predicted molar refractivity (Wildman–Crippen MR) is 136 cm³/mol. The van der Waals surface area contributed by atoms with E-state index in [2.05, 4.69) is 79.6 Å². The molecule has 1 heterocycles. The van der Waals surface area contributed by atoms with Gasteiger partial charge in [0.1, 0.15) is 0 Å². The summed E-state index contributed by atoms with van der Waals surface area (Å²) in [6, 6.07) is 17.2. The van der Waals surface area contributed by atoms with Gasteiger partial charge in [0.25, 0.3) is 0 Å². The first-order valence-corrected chi connectivity index (χ1v) is 13.1. The van der Waals surface area contributed by atoms with Crippen molar-refractivity contribution in [3.8, 4) is 22.5 Å². The zero-order valence-corrected chi connectivity index (χ0v) is 20.5. The van der Waals surface area contributed by atoms with Gasteiger partial charge in [0.15, 0.2) is 5.16 Å². The average molecular weight is 460 g/mol. The van der Waals surface area contributed by atoms with Gasteiger partial charge in [-0.1, -0.05) is 77.8 Å². The van der Waals surface area contributed by atoms with Crippen LogP contribution < -0.4 is 5.32 Å². The quantitative estimate of drug-likeness (QED) is 0.402. The summed E-state index contributed by atoms with van der Waals surface area (Å²) < 4.78 is 0. The van der Waals surface area contributed by atoms with Crippen LogP contribution in [0.3, 0.4) is 0 Å². The molecule has 2 saturated carbocycles. The normalized spacial score (nSPS) is 22.5. The fraction of sp³-hybridized carbons (Fsp3) is 0.429. The molecule has 0 saturated heterocycles. The number of imidazole rings is 1. The van der Waals surface area contributed by atoms with Crippen LogP contribution in [-0.2, 0) is 4.79 Å². The minimum Gasteiger partial charge on any atom is -0.353 e. The number of benzene rings is 2. The minimum absolute atomic E-state index is 0.0976. The van der Waals surface area contributed by atoms with E-state index in [1.165, 1.54) is 48.6 Å². The van der Waals surface area contributed by atoms with Gasteiger partial charge < -0.3 is 10.3 Å². The van der Waals surface area contributed by atoms with E-state index < -0.39 is 0 Å². The van der Waals surface area contributed by atoms with Crippen LogP contribution in [-0.4, -0.2) is 27.7 Å². The molecule has 0 unspecified atom stereocenters. The molecule has 2 N–H and O–H groups in total. The summed E-state index contributed by atoms with van der Waals surface area (Å²) in [6.45, 7) is 6.37. The smallest absolute Gasteiger partial charge is 0.230 e. The van der Waals surface area contributed by atoms with Crippen LogP contribution in [0.5, 0.6) is 0 Å². The second kappa shape index (κ2) is 9.38. The van der Waals surface area contributed by atoms with Crippen molar-refractivity contribution < 1.29 is 4.79 Å². The SMILES string of the molecule is Cc1ccc(-c2nc(SCC(=O)N[C@H](C)[C@H]3C[C@H]4CC[C@H]3C4)[nH]c2-c2ccc(C)cc2)cc1. The molecule has 0 aliphatic heterocycles. The number of aryl methyl sites for hydroxylation is 2. The summed E-state index contributed by atoms with van der Waals surface area (Å²) in [5.74, 6) is 2.84. The van der Waals surface area contributed by atoms with Crippen molar-refractivity contribution in [2.75, 3.05) is 5.75 Å². The highest BCUT2D eigenvalue weighted by Crippen LogP contribution is 2.49. The van der Waals surface area contributed by atoms with E-state index >= 15 is 0 Å². The lowest BCUT2D eigenvalue weighted by molar-refractivity contribution is -0.119. The number of hydrogen-bond donors (Lipinski definition) is 2. The Labute approximate surface area is 201 Å². The summed E-state index contributed by atoms with van der Waals surface area (Å²) in [5, 5.41) is 4.05. The summed E-state index contributed by atoms with van der Waals surface area (Å²) in [5.41, 5.74) is 6.56. The zero-order chi connectivity index (χ0) is 22.9. The molecular weight excluding hydrogens is 426 g/mol. The monoisotopic (exact) mass is 459 g/mol. The van der Waals surface area contributed by atoms with Gasteiger partial charge >= 0.3 is 0 Å². The third-order valence-corrected chi connectivity index (χ3v) is 8.38. The van der Waals surface area contributed by atoms with Gasteiger partial charge in [0.2, 0.25) is 5.91 Å². The standard InChI is InChI=1S/C28H33N3OS/c1-17-4-9-21(10-5-17)26-27(22-11-6-18(2)7-12-22)31-28(30-26)33-16-25(32)29-19(3)24-15-20-8-13-23(24)14-20/h4-7,9-12,19-20,23-24H,8,13-16H2,1-3H3,(H,29,32)(H,30,31)/t19-,20+,23+,24-/m1/s1. The Morgan fingerprint density at radius 2 is 1.70 bits per heavy atom. The average Bonchev–Trinajstić information content (AvgIpc) is 3.55. The molecule has 1 aromatic heterocycles. The Kier molecular flexibility index (Phi) is 6.33. The molecule has 3 aromatic rings. The Balaban J connectivity index is 1.29. The molecule has 4 atom stereocenters. The van der Waals surface area contributed by atoms with Crippen molar-refractivity contribution >= 4 is 17.7 Å². The van der Waals surface area contributed by atoms with Gasteiger partial charge in [-0.25, -0.2) is 4.98 Å². The summed E-state index contributed by atoms with van der Waals surface area (Å²) in [7, 11) is 0. The molecule has 1 amide bonds. The molecule has 33 heavy (non-hydrogen) atoms. The number of aromatic amines is 1. The van der Waals surface area contributed by atoms with E-state index in [-0.39, 0.29) is 11.9 Å². The van der Waals surface area contributed by atoms with Crippen molar-refractivity contribution in [1.82, 2.24) is 15.3 Å². The van der Waals surface area contributed by atoms with Crippen molar-refractivity contribution in [2.45, 2.75) is 57.7 Å². The summed E-state index contributed by atoms with van der Waals surface area (Å²) >= 11 is 1.48. The molecule has 2 bridgehead atoms. The Morgan fingerprint density at radius 1 is 1.03 bits per heavy atom. The lowest BCUT2D eigenvalue weighted by Gasteiger charge is -2.28. The summed E-state index contributed by atoms with van der Waals surface area (Å²) in [4.78, 5) is 21.1. The summed E-state index contributed by atoms with van der Waals surface area (Å²) in [6.07, 6.45) is 5.40. The molecule has 2 aliphatic carbocycles. The molecular formula is C28H33N3OS. The van der Waals surface area contributed by atoms with Gasteiger partial charge in [-0.3, -0.25) is 4.79 Å². The maximum atomic E-state index is 12.7. The highest BCUT2D eigenvalue weighted by Gasteiger charge is 2.42. The molecule has 0 radical (unpaired) electrons. The van der Waals surface area contributed by atoms with Crippen molar-refractivity contribution in [1.29, 1.82) is 0 Å². The molecule has 4 nitrogen and oxygen atoms in total. The third-order valence-electron chi connectivity index (χ3n) is 7.51. The largest absolute Gasteiger partial charge is 0.353 e. The first kappa shape index (κ1) is 22.3. The van der Waals surface area contributed by atoms with Crippen molar-refractivity contribution in [2.24, 2.45) is 17.8 Å². The fourth-order valence-electron chi connectivity index (χ4n) is 5.71. The predicted octanol–water partition coefficient (Wildman–Crippen LogP) is 6.39. The first-order chi connectivity index (χ1) is 16.0. The highest BCUT2D eigenvalue weighted by atomic mass is 32.2. The number of fused-ring (bicyclic) bond motifs is 2. The number of rotatable bonds is 7. The molecule has 5 heteroatoms. The van der Waals surface area contributed by atoms with E-state index in [0.29, 0.717) is 11.7 Å². The van der Waals surface area contributed by atoms with Gasteiger partial charge in [-0.05, 0) is 57.8 Å². The lowest BCUT2D eigenvalue weighted by Crippen LogP contribution is -2.40. The molecule has 172 valence electrons. The Morgan fingerprint density at radius 3 is 2.30 bits per heavy atom. The van der Waals surface area contributed by atoms with Gasteiger partial charge in [-0.2, -0.15) is 0 Å².